The lowest BCUT2D eigenvalue weighted by Crippen LogP contribution is -2.08. The van der Waals surface area contributed by atoms with E-state index in [1.54, 1.807) is 19.1 Å². The zero-order chi connectivity index (χ0) is 9.35. The first-order valence-corrected chi connectivity index (χ1v) is 3.94. The fourth-order valence-corrected chi connectivity index (χ4v) is 1.28. The Morgan fingerprint density at radius 2 is 1.92 bits per heavy atom. The monoisotopic (exact) mass is 190 g/mol. The SMILES string of the molecule is Cc1cccc(C(C)(F)F)c1Cl. The van der Waals surface area contributed by atoms with Gasteiger partial charge in [-0.1, -0.05) is 29.8 Å². The lowest BCUT2D eigenvalue weighted by Gasteiger charge is -2.13. The van der Waals surface area contributed by atoms with E-state index in [-0.39, 0.29) is 10.6 Å². The highest BCUT2D eigenvalue weighted by Crippen LogP contribution is 2.34. The largest absolute Gasteiger partial charge is 0.271 e. The number of hydrogen-bond donors (Lipinski definition) is 0. The van der Waals surface area contributed by atoms with Crippen molar-refractivity contribution < 1.29 is 8.78 Å². The molecule has 0 fully saturated rings. The minimum Gasteiger partial charge on any atom is -0.202 e. The second-order valence-corrected chi connectivity index (χ2v) is 3.20. The fraction of sp³-hybridized carbons (Fsp3) is 0.333. The van der Waals surface area contributed by atoms with Crippen molar-refractivity contribution in [3.8, 4) is 0 Å². The minimum atomic E-state index is -2.86. The van der Waals surface area contributed by atoms with Gasteiger partial charge in [0.25, 0.3) is 5.92 Å². The summed E-state index contributed by atoms with van der Waals surface area (Å²) in [4.78, 5) is 0. The molecule has 0 unspecified atom stereocenters. The summed E-state index contributed by atoms with van der Waals surface area (Å²) >= 11 is 5.70. The first-order chi connectivity index (χ1) is 5.43. The summed E-state index contributed by atoms with van der Waals surface area (Å²) in [6, 6.07) is 4.63. The highest BCUT2D eigenvalue weighted by molar-refractivity contribution is 6.32. The van der Waals surface area contributed by atoms with Crippen LogP contribution in [0.2, 0.25) is 5.02 Å². The summed E-state index contributed by atoms with van der Waals surface area (Å²) in [6.45, 7) is 2.55. The first kappa shape index (κ1) is 9.46. The van der Waals surface area contributed by atoms with Crippen LogP contribution in [0.4, 0.5) is 8.78 Å². The van der Waals surface area contributed by atoms with Crippen LogP contribution in [0.15, 0.2) is 18.2 Å². The number of halogens is 3. The van der Waals surface area contributed by atoms with Gasteiger partial charge in [0.2, 0.25) is 0 Å². The molecule has 0 aliphatic carbocycles. The van der Waals surface area contributed by atoms with E-state index in [0.29, 0.717) is 5.56 Å². The number of benzene rings is 1. The molecule has 0 aromatic heterocycles. The van der Waals surface area contributed by atoms with Gasteiger partial charge in [-0.05, 0) is 12.5 Å². The van der Waals surface area contributed by atoms with E-state index < -0.39 is 5.92 Å². The summed E-state index contributed by atoms with van der Waals surface area (Å²) in [6.07, 6.45) is 0. The van der Waals surface area contributed by atoms with Crippen molar-refractivity contribution in [2.75, 3.05) is 0 Å². The average Bonchev–Trinajstić information content (AvgIpc) is 1.92. The van der Waals surface area contributed by atoms with Gasteiger partial charge in [0.05, 0.1) is 5.02 Å². The van der Waals surface area contributed by atoms with Crippen LogP contribution < -0.4 is 0 Å². The number of alkyl halides is 2. The molecule has 0 atom stereocenters. The summed E-state index contributed by atoms with van der Waals surface area (Å²) in [5.74, 6) is -2.86. The van der Waals surface area contributed by atoms with Gasteiger partial charge in [-0.25, -0.2) is 8.78 Å². The molecule has 0 bridgehead atoms. The molecule has 0 saturated heterocycles. The molecule has 0 N–H and O–H groups in total. The van der Waals surface area contributed by atoms with E-state index in [4.69, 9.17) is 11.6 Å². The van der Waals surface area contributed by atoms with Gasteiger partial charge in [0, 0.05) is 12.5 Å². The van der Waals surface area contributed by atoms with Crippen molar-refractivity contribution in [3.63, 3.8) is 0 Å². The molecule has 1 aromatic rings. The van der Waals surface area contributed by atoms with Crippen molar-refractivity contribution >= 4 is 11.6 Å². The summed E-state index contributed by atoms with van der Waals surface area (Å²) in [7, 11) is 0. The molecule has 0 radical (unpaired) electrons. The first-order valence-electron chi connectivity index (χ1n) is 3.56. The molecular formula is C9H9ClF2. The van der Waals surface area contributed by atoms with E-state index >= 15 is 0 Å². The van der Waals surface area contributed by atoms with Crippen LogP contribution in [0.25, 0.3) is 0 Å². The van der Waals surface area contributed by atoms with E-state index in [9.17, 15) is 8.78 Å². The zero-order valence-electron chi connectivity index (χ0n) is 6.87. The second-order valence-electron chi connectivity index (χ2n) is 2.82. The molecule has 3 heteroatoms. The lowest BCUT2D eigenvalue weighted by atomic mass is 10.1. The predicted molar refractivity (Wildman–Crippen MR) is 45.8 cm³/mol. The maximum atomic E-state index is 12.8. The van der Waals surface area contributed by atoms with Crippen LogP contribution in [0, 0.1) is 6.92 Å². The number of hydrogen-bond acceptors (Lipinski definition) is 0. The summed E-state index contributed by atoms with van der Waals surface area (Å²) in [5, 5.41) is 0.157. The normalized spacial score (nSPS) is 11.8. The fourth-order valence-electron chi connectivity index (χ4n) is 0.986. The molecular weight excluding hydrogens is 182 g/mol. The van der Waals surface area contributed by atoms with Crippen LogP contribution in [-0.2, 0) is 5.92 Å². The summed E-state index contributed by atoms with van der Waals surface area (Å²) in [5.41, 5.74) is 0.569. The molecule has 0 nitrogen and oxygen atoms in total. The van der Waals surface area contributed by atoms with Crippen LogP contribution in [0.3, 0.4) is 0 Å². The summed E-state index contributed by atoms with van der Waals surface area (Å²) < 4.78 is 25.6. The highest BCUT2D eigenvalue weighted by atomic mass is 35.5. The Morgan fingerprint density at radius 1 is 1.33 bits per heavy atom. The molecule has 66 valence electrons. The Hall–Kier alpha value is -0.630. The quantitative estimate of drug-likeness (QED) is 0.633. The van der Waals surface area contributed by atoms with Crippen molar-refractivity contribution in [1.82, 2.24) is 0 Å². The molecule has 0 amide bonds. The van der Waals surface area contributed by atoms with E-state index in [1.807, 2.05) is 0 Å². The van der Waals surface area contributed by atoms with E-state index in [2.05, 4.69) is 0 Å². The van der Waals surface area contributed by atoms with Gasteiger partial charge in [0.15, 0.2) is 0 Å². The van der Waals surface area contributed by atoms with Gasteiger partial charge in [-0.2, -0.15) is 0 Å². The molecule has 0 saturated carbocycles. The van der Waals surface area contributed by atoms with Crippen LogP contribution in [0.1, 0.15) is 18.1 Å². The third-order valence-corrected chi connectivity index (χ3v) is 2.17. The average molecular weight is 191 g/mol. The van der Waals surface area contributed by atoms with Crippen LogP contribution in [-0.4, -0.2) is 0 Å². The Kier molecular flexibility index (Phi) is 2.38. The molecule has 1 rings (SSSR count). The second kappa shape index (κ2) is 3.02. The van der Waals surface area contributed by atoms with Gasteiger partial charge < -0.3 is 0 Å². The van der Waals surface area contributed by atoms with Gasteiger partial charge in [0.1, 0.15) is 0 Å². The Morgan fingerprint density at radius 3 is 2.33 bits per heavy atom. The molecule has 0 heterocycles. The maximum Gasteiger partial charge on any atom is 0.271 e. The number of aryl methyl sites for hydroxylation is 1. The molecule has 12 heavy (non-hydrogen) atoms. The maximum absolute atomic E-state index is 12.8. The van der Waals surface area contributed by atoms with E-state index in [1.165, 1.54) is 6.07 Å². The van der Waals surface area contributed by atoms with Crippen LogP contribution >= 0.6 is 11.6 Å². The molecule has 1 aromatic carbocycles. The Balaban J connectivity index is 3.26. The van der Waals surface area contributed by atoms with E-state index in [0.717, 1.165) is 6.92 Å². The van der Waals surface area contributed by atoms with Crippen molar-refractivity contribution in [1.29, 1.82) is 0 Å². The topological polar surface area (TPSA) is 0 Å². The smallest absolute Gasteiger partial charge is 0.202 e. The van der Waals surface area contributed by atoms with Crippen molar-refractivity contribution in [3.05, 3.63) is 34.3 Å². The molecule has 0 aliphatic rings. The minimum absolute atomic E-state index is 0.107. The third kappa shape index (κ3) is 1.75. The Bertz CT molecular complexity index is 289. The van der Waals surface area contributed by atoms with Gasteiger partial charge >= 0.3 is 0 Å². The zero-order valence-corrected chi connectivity index (χ0v) is 7.62. The van der Waals surface area contributed by atoms with Crippen molar-refractivity contribution in [2.24, 2.45) is 0 Å². The number of rotatable bonds is 1. The van der Waals surface area contributed by atoms with Crippen molar-refractivity contribution in [2.45, 2.75) is 19.8 Å². The highest BCUT2D eigenvalue weighted by Gasteiger charge is 2.27. The standard InChI is InChI=1S/C9H9ClF2/c1-6-4-3-5-7(8(6)10)9(2,11)12/h3-5H,1-2H3. The molecule has 0 spiro atoms. The van der Waals surface area contributed by atoms with Gasteiger partial charge in [-0.15, -0.1) is 0 Å². The van der Waals surface area contributed by atoms with Gasteiger partial charge in [-0.3, -0.25) is 0 Å². The predicted octanol–water partition coefficient (Wildman–Crippen LogP) is 3.76. The lowest BCUT2D eigenvalue weighted by molar-refractivity contribution is 0.0175. The van der Waals surface area contributed by atoms with Crippen LogP contribution in [0.5, 0.6) is 0 Å². The third-order valence-electron chi connectivity index (χ3n) is 1.66. The Labute approximate surface area is 75.2 Å². The molecule has 0 aliphatic heterocycles.